The Kier molecular flexibility index (Phi) is 5.49. The SMILES string of the molecule is CCC(C)c1ccc(OC(C)OC(C)C)cc1. The second kappa shape index (κ2) is 6.65. The van der Waals surface area contributed by atoms with Crippen molar-refractivity contribution in [1.29, 1.82) is 0 Å². The van der Waals surface area contributed by atoms with E-state index in [0.717, 1.165) is 12.2 Å². The molecule has 0 fully saturated rings. The zero-order valence-corrected chi connectivity index (χ0v) is 11.6. The van der Waals surface area contributed by atoms with Crippen LogP contribution in [-0.4, -0.2) is 12.4 Å². The fourth-order valence-electron chi connectivity index (χ4n) is 1.71. The molecule has 1 aromatic rings. The van der Waals surface area contributed by atoms with E-state index in [1.165, 1.54) is 5.56 Å². The molecular weight excluding hydrogens is 212 g/mol. The molecule has 17 heavy (non-hydrogen) atoms. The van der Waals surface area contributed by atoms with Crippen LogP contribution < -0.4 is 4.74 Å². The molecule has 1 aromatic carbocycles. The largest absolute Gasteiger partial charge is 0.465 e. The topological polar surface area (TPSA) is 18.5 Å². The van der Waals surface area contributed by atoms with Crippen LogP contribution in [0, 0.1) is 0 Å². The third-order valence-electron chi connectivity index (χ3n) is 2.83. The summed E-state index contributed by atoms with van der Waals surface area (Å²) in [5, 5.41) is 0. The molecule has 0 aliphatic rings. The quantitative estimate of drug-likeness (QED) is 0.684. The van der Waals surface area contributed by atoms with Crippen molar-refractivity contribution in [3.05, 3.63) is 29.8 Å². The van der Waals surface area contributed by atoms with E-state index >= 15 is 0 Å². The molecule has 0 spiro atoms. The summed E-state index contributed by atoms with van der Waals surface area (Å²) in [7, 11) is 0. The Morgan fingerprint density at radius 3 is 2.06 bits per heavy atom. The Morgan fingerprint density at radius 1 is 1.00 bits per heavy atom. The number of benzene rings is 1. The fourth-order valence-corrected chi connectivity index (χ4v) is 1.71. The van der Waals surface area contributed by atoms with E-state index in [-0.39, 0.29) is 12.4 Å². The van der Waals surface area contributed by atoms with E-state index in [9.17, 15) is 0 Å². The monoisotopic (exact) mass is 236 g/mol. The van der Waals surface area contributed by atoms with Crippen LogP contribution in [0.2, 0.25) is 0 Å². The van der Waals surface area contributed by atoms with Crippen molar-refractivity contribution in [2.45, 2.75) is 59.4 Å². The molecule has 0 aliphatic carbocycles. The summed E-state index contributed by atoms with van der Waals surface area (Å²) >= 11 is 0. The molecule has 0 aromatic heterocycles. The number of hydrogen-bond acceptors (Lipinski definition) is 2. The Balaban J connectivity index is 2.56. The second-order valence-corrected chi connectivity index (χ2v) is 4.75. The highest BCUT2D eigenvalue weighted by atomic mass is 16.7. The van der Waals surface area contributed by atoms with Crippen LogP contribution in [0.1, 0.15) is 52.5 Å². The van der Waals surface area contributed by atoms with E-state index in [1.54, 1.807) is 0 Å². The zero-order valence-electron chi connectivity index (χ0n) is 11.6. The maximum atomic E-state index is 5.67. The first-order valence-electron chi connectivity index (χ1n) is 6.45. The van der Waals surface area contributed by atoms with Gasteiger partial charge in [-0.1, -0.05) is 26.0 Å². The minimum absolute atomic E-state index is 0.185. The Hall–Kier alpha value is -1.02. The molecule has 0 radical (unpaired) electrons. The normalized spacial score (nSPS) is 14.7. The van der Waals surface area contributed by atoms with E-state index in [2.05, 4.69) is 26.0 Å². The van der Waals surface area contributed by atoms with Gasteiger partial charge in [-0.3, -0.25) is 0 Å². The van der Waals surface area contributed by atoms with Gasteiger partial charge in [0.25, 0.3) is 0 Å². The van der Waals surface area contributed by atoms with Gasteiger partial charge in [0.2, 0.25) is 0 Å². The van der Waals surface area contributed by atoms with Gasteiger partial charge in [0.15, 0.2) is 6.29 Å². The van der Waals surface area contributed by atoms with Gasteiger partial charge in [-0.25, -0.2) is 0 Å². The smallest absolute Gasteiger partial charge is 0.197 e. The standard InChI is InChI=1S/C15H24O2/c1-6-12(4)14-7-9-15(10-8-14)17-13(5)16-11(2)3/h7-13H,6H2,1-5H3. The average molecular weight is 236 g/mol. The first-order chi connectivity index (χ1) is 8.02. The first-order valence-corrected chi connectivity index (χ1v) is 6.45. The van der Waals surface area contributed by atoms with Crippen molar-refractivity contribution >= 4 is 0 Å². The van der Waals surface area contributed by atoms with Crippen LogP contribution in [0.15, 0.2) is 24.3 Å². The van der Waals surface area contributed by atoms with Gasteiger partial charge < -0.3 is 9.47 Å². The molecule has 96 valence electrons. The van der Waals surface area contributed by atoms with Gasteiger partial charge in [0.1, 0.15) is 5.75 Å². The molecular formula is C15H24O2. The summed E-state index contributed by atoms with van der Waals surface area (Å²) in [6, 6.07) is 8.29. The number of rotatable bonds is 6. The summed E-state index contributed by atoms with van der Waals surface area (Å²) in [5.74, 6) is 1.47. The summed E-state index contributed by atoms with van der Waals surface area (Å²) in [6.45, 7) is 10.4. The van der Waals surface area contributed by atoms with Crippen LogP contribution >= 0.6 is 0 Å². The van der Waals surface area contributed by atoms with Gasteiger partial charge in [-0.2, -0.15) is 0 Å². The van der Waals surface area contributed by atoms with Gasteiger partial charge in [-0.05, 0) is 50.8 Å². The molecule has 1 rings (SSSR count). The number of hydrogen-bond donors (Lipinski definition) is 0. The molecule has 0 saturated carbocycles. The highest BCUT2D eigenvalue weighted by Gasteiger charge is 2.07. The molecule has 0 N–H and O–H groups in total. The fraction of sp³-hybridized carbons (Fsp3) is 0.600. The van der Waals surface area contributed by atoms with Gasteiger partial charge in [0.05, 0.1) is 6.10 Å². The summed E-state index contributed by atoms with van der Waals surface area (Å²) in [6.07, 6.45) is 1.14. The molecule has 0 heterocycles. The van der Waals surface area contributed by atoms with Crippen LogP contribution in [0.5, 0.6) is 5.75 Å². The second-order valence-electron chi connectivity index (χ2n) is 4.75. The van der Waals surface area contributed by atoms with Crippen LogP contribution in [0.4, 0.5) is 0 Å². The third kappa shape index (κ3) is 4.78. The predicted molar refractivity (Wildman–Crippen MR) is 71.5 cm³/mol. The van der Waals surface area contributed by atoms with Crippen LogP contribution in [0.25, 0.3) is 0 Å². The van der Waals surface area contributed by atoms with Gasteiger partial charge in [0, 0.05) is 0 Å². The average Bonchev–Trinajstić information content (AvgIpc) is 2.28. The van der Waals surface area contributed by atoms with Crippen molar-refractivity contribution < 1.29 is 9.47 Å². The van der Waals surface area contributed by atoms with Crippen molar-refractivity contribution in [3.63, 3.8) is 0 Å². The highest BCUT2D eigenvalue weighted by Crippen LogP contribution is 2.22. The molecule has 2 atom stereocenters. The highest BCUT2D eigenvalue weighted by molar-refractivity contribution is 5.29. The maximum Gasteiger partial charge on any atom is 0.197 e. The zero-order chi connectivity index (χ0) is 12.8. The Labute approximate surface area is 105 Å². The van der Waals surface area contributed by atoms with E-state index in [1.807, 2.05) is 32.9 Å². The first kappa shape index (κ1) is 14.0. The Bertz CT molecular complexity index is 316. The minimum atomic E-state index is -0.204. The molecule has 2 unspecified atom stereocenters. The van der Waals surface area contributed by atoms with Crippen molar-refractivity contribution in [2.24, 2.45) is 0 Å². The molecule has 0 aliphatic heterocycles. The number of ether oxygens (including phenoxy) is 2. The van der Waals surface area contributed by atoms with Crippen molar-refractivity contribution in [1.82, 2.24) is 0 Å². The lowest BCUT2D eigenvalue weighted by atomic mass is 9.99. The molecule has 2 heteroatoms. The molecule has 0 saturated heterocycles. The summed E-state index contributed by atoms with van der Waals surface area (Å²) in [5.41, 5.74) is 1.36. The van der Waals surface area contributed by atoms with Crippen molar-refractivity contribution in [3.8, 4) is 5.75 Å². The van der Waals surface area contributed by atoms with Crippen LogP contribution in [0.3, 0.4) is 0 Å². The van der Waals surface area contributed by atoms with Gasteiger partial charge >= 0.3 is 0 Å². The summed E-state index contributed by atoms with van der Waals surface area (Å²) in [4.78, 5) is 0. The van der Waals surface area contributed by atoms with Crippen molar-refractivity contribution in [2.75, 3.05) is 0 Å². The summed E-state index contributed by atoms with van der Waals surface area (Å²) < 4.78 is 11.2. The lowest BCUT2D eigenvalue weighted by Crippen LogP contribution is -2.20. The van der Waals surface area contributed by atoms with Crippen LogP contribution in [-0.2, 0) is 4.74 Å². The molecule has 0 bridgehead atoms. The van der Waals surface area contributed by atoms with Gasteiger partial charge in [-0.15, -0.1) is 0 Å². The lowest BCUT2D eigenvalue weighted by molar-refractivity contribution is -0.0950. The van der Waals surface area contributed by atoms with E-state index in [0.29, 0.717) is 5.92 Å². The van der Waals surface area contributed by atoms with E-state index < -0.39 is 0 Å². The maximum absolute atomic E-state index is 5.67. The van der Waals surface area contributed by atoms with E-state index in [4.69, 9.17) is 9.47 Å². The molecule has 2 nitrogen and oxygen atoms in total. The third-order valence-corrected chi connectivity index (χ3v) is 2.83. The lowest BCUT2D eigenvalue weighted by Gasteiger charge is -2.18. The Morgan fingerprint density at radius 2 is 1.59 bits per heavy atom. The molecule has 0 amide bonds. The minimum Gasteiger partial charge on any atom is -0.465 e. The predicted octanol–water partition coefficient (Wildman–Crippen LogP) is 4.35.